The number of carboxylic acid groups (broad SMARTS) is 1. The molecule has 4 nitrogen and oxygen atoms in total. The number of carboxylic acids is 1. The summed E-state index contributed by atoms with van der Waals surface area (Å²) in [5, 5.41) is 13.2. The number of carbonyl (C=O) groups excluding carboxylic acids is 1. The Morgan fingerprint density at radius 2 is 1.63 bits per heavy atom. The van der Waals surface area contributed by atoms with Crippen molar-refractivity contribution in [2.24, 2.45) is 0 Å². The molecule has 2 aromatic carbocycles. The first kappa shape index (κ1) is 22.0. The summed E-state index contributed by atoms with van der Waals surface area (Å²) in [5.41, 5.74) is -0.832. The Bertz CT molecular complexity index is 1590. The Hall–Kier alpha value is -3.46. The van der Waals surface area contributed by atoms with E-state index in [1.807, 2.05) is 24.3 Å². The van der Waals surface area contributed by atoms with Crippen molar-refractivity contribution < 1.29 is 27.5 Å². The third kappa shape index (κ3) is 3.32. The fourth-order valence-corrected chi connectivity index (χ4v) is 5.89. The molecule has 6 rings (SSSR count). The molecule has 0 radical (unpaired) electrons. The second-order valence-electron chi connectivity index (χ2n) is 8.81. The number of aromatic carboxylic acids is 1. The van der Waals surface area contributed by atoms with Crippen molar-refractivity contribution in [3.63, 3.8) is 0 Å². The highest BCUT2D eigenvalue weighted by molar-refractivity contribution is 7.21. The zero-order chi connectivity index (χ0) is 24.4. The third-order valence-electron chi connectivity index (χ3n) is 6.85. The maximum absolute atomic E-state index is 15.3. The van der Waals surface area contributed by atoms with Gasteiger partial charge in [0.1, 0.15) is 13.1 Å². The van der Waals surface area contributed by atoms with Gasteiger partial charge in [-0.25, -0.2) is 22.1 Å². The normalized spacial score (nSPS) is 15.4. The molecule has 0 spiro atoms. The number of hydrogen-bond acceptors (Lipinski definition) is 4. The molecule has 0 amide bonds. The molecular formula is C26H18F4N2O2S. The minimum atomic E-state index is -2.18. The van der Waals surface area contributed by atoms with Gasteiger partial charge < -0.3 is 14.8 Å². The number of carbonyl (C=O) groups is 1. The van der Waals surface area contributed by atoms with Crippen LogP contribution in [0.25, 0.3) is 31.7 Å². The molecule has 0 aromatic heterocycles. The predicted octanol–water partition coefficient (Wildman–Crippen LogP) is 3.98. The molecule has 2 aromatic rings. The number of rotatable bonds is 3. The van der Waals surface area contributed by atoms with Crippen molar-refractivity contribution in [1.82, 2.24) is 4.58 Å². The van der Waals surface area contributed by atoms with Crippen LogP contribution in [0.3, 0.4) is 0 Å². The Kier molecular flexibility index (Phi) is 5.07. The molecule has 3 heterocycles. The molecule has 0 unspecified atom stereocenters. The molecule has 0 atom stereocenters. The van der Waals surface area contributed by atoms with Crippen LogP contribution in [-0.2, 0) is 0 Å². The van der Waals surface area contributed by atoms with E-state index < -0.39 is 40.4 Å². The SMILES string of the molecule is O=C([O-])c1c(F)c(F)c(F)c(F)c1-c1c2ccc(=[N+]3CCC3)cc-2sc2cc(N3CCC3)ccc12. The first-order chi connectivity index (χ1) is 16.8. The number of fused-ring (bicyclic) bond motifs is 2. The number of anilines is 1. The Morgan fingerprint density at radius 3 is 2.26 bits per heavy atom. The first-order valence-corrected chi connectivity index (χ1v) is 12.1. The average molecular weight is 499 g/mol. The molecule has 0 N–H and O–H groups in total. The van der Waals surface area contributed by atoms with Crippen molar-refractivity contribution in [1.29, 1.82) is 0 Å². The molecule has 0 bridgehead atoms. The lowest BCUT2D eigenvalue weighted by atomic mass is 9.90. The van der Waals surface area contributed by atoms with Crippen molar-refractivity contribution in [3.8, 4) is 21.6 Å². The summed E-state index contributed by atoms with van der Waals surface area (Å²) in [6.45, 7) is 3.59. The van der Waals surface area contributed by atoms with Gasteiger partial charge in [-0.05, 0) is 24.6 Å². The van der Waals surface area contributed by atoms with Crippen molar-refractivity contribution in [2.75, 3.05) is 31.1 Å². The second-order valence-corrected chi connectivity index (χ2v) is 9.90. The van der Waals surface area contributed by atoms with Crippen LogP contribution in [0.1, 0.15) is 23.2 Å². The van der Waals surface area contributed by atoms with E-state index >= 15 is 4.39 Å². The largest absolute Gasteiger partial charge is 0.545 e. The minimum absolute atomic E-state index is 0.00595. The van der Waals surface area contributed by atoms with Crippen LogP contribution in [-0.4, -0.2) is 32.1 Å². The molecule has 35 heavy (non-hydrogen) atoms. The van der Waals surface area contributed by atoms with Crippen molar-refractivity contribution >= 4 is 33.1 Å². The summed E-state index contributed by atoms with van der Waals surface area (Å²) in [7, 11) is 0. The Morgan fingerprint density at radius 1 is 0.886 bits per heavy atom. The van der Waals surface area contributed by atoms with Crippen LogP contribution in [0.5, 0.6) is 0 Å². The second kappa shape index (κ2) is 8.05. The molecule has 9 heteroatoms. The fraction of sp³-hybridized carbons (Fsp3) is 0.231. The van der Waals surface area contributed by atoms with E-state index in [9.17, 15) is 23.1 Å². The average Bonchev–Trinajstić information content (AvgIpc) is 2.76. The van der Waals surface area contributed by atoms with E-state index in [0.717, 1.165) is 50.1 Å². The molecule has 4 aliphatic rings. The highest BCUT2D eigenvalue weighted by atomic mass is 32.1. The maximum Gasteiger partial charge on any atom is 0.201 e. The van der Waals surface area contributed by atoms with Crippen molar-refractivity contribution in [3.05, 3.63) is 70.6 Å². The van der Waals surface area contributed by atoms with E-state index in [2.05, 4.69) is 9.48 Å². The molecule has 1 aliphatic carbocycles. The summed E-state index contributed by atoms with van der Waals surface area (Å²) in [4.78, 5) is 14.7. The monoisotopic (exact) mass is 498 g/mol. The number of halogens is 4. The van der Waals surface area contributed by atoms with Crippen molar-refractivity contribution in [2.45, 2.75) is 12.8 Å². The molecule has 0 saturated carbocycles. The van der Waals surface area contributed by atoms with Crippen LogP contribution >= 0.6 is 11.3 Å². The Balaban J connectivity index is 1.76. The van der Waals surface area contributed by atoms with Crippen LogP contribution in [0.15, 0.2) is 36.4 Å². The summed E-state index contributed by atoms with van der Waals surface area (Å²) >= 11 is 1.42. The van der Waals surface area contributed by atoms with Gasteiger partial charge in [0.15, 0.2) is 23.3 Å². The van der Waals surface area contributed by atoms with Crippen LogP contribution in [0.4, 0.5) is 23.2 Å². The molecule has 178 valence electrons. The van der Waals surface area contributed by atoms with Crippen LogP contribution in [0, 0.1) is 23.3 Å². The highest BCUT2D eigenvalue weighted by Crippen LogP contribution is 2.46. The standard InChI is InChI=1S/C26H18F4N2O2S/c27-22-20(21(26(33)34)23(28)25(30)24(22)29)19-15-5-3-13(31-7-1-8-31)11-17(15)35-18-12-14(4-6-16(18)19)32-9-2-10-32/h3-6,11-12H,1-2,7-10H2. The van der Waals surface area contributed by atoms with E-state index in [-0.39, 0.29) is 5.56 Å². The highest BCUT2D eigenvalue weighted by Gasteiger charge is 2.30. The van der Waals surface area contributed by atoms with Gasteiger partial charge in [-0.2, -0.15) is 0 Å². The van der Waals surface area contributed by atoms with Gasteiger partial charge in [0.25, 0.3) is 0 Å². The van der Waals surface area contributed by atoms with E-state index in [1.165, 1.54) is 11.3 Å². The van der Waals surface area contributed by atoms with Gasteiger partial charge in [0.05, 0.1) is 12.4 Å². The summed E-state index contributed by atoms with van der Waals surface area (Å²) in [6.07, 6.45) is 2.13. The smallest absolute Gasteiger partial charge is 0.201 e. The lowest BCUT2D eigenvalue weighted by Crippen LogP contribution is -2.40. The minimum Gasteiger partial charge on any atom is -0.545 e. The van der Waals surface area contributed by atoms with Gasteiger partial charge >= 0.3 is 0 Å². The van der Waals surface area contributed by atoms with Gasteiger partial charge in [-0.3, -0.25) is 0 Å². The molecule has 3 aliphatic heterocycles. The molecule has 2 saturated heterocycles. The molecular weight excluding hydrogens is 480 g/mol. The van der Waals surface area contributed by atoms with E-state index in [0.29, 0.717) is 20.5 Å². The first-order valence-electron chi connectivity index (χ1n) is 11.3. The summed E-state index contributed by atoms with van der Waals surface area (Å²) < 4.78 is 61.2. The fourth-order valence-electron chi connectivity index (χ4n) is 4.74. The zero-order valence-electron chi connectivity index (χ0n) is 18.3. The van der Waals surface area contributed by atoms with Gasteiger partial charge in [0.2, 0.25) is 5.36 Å². The maximum atomic E-state index is 15.3. The lowest BCUT2D eigenvalue weighted by Gasteiger charge is -2.33. The van der Waals surface area contributed by atoms with Gasteiger partial charge in [-0.1, -0.05) is 6.07 Å². The van der Waals surface area contributed by atoms with Gasteiger partial charge in [-0.15, -0.1) is 11.3 Å². The third-order valence-corrected chi connectivity index (χ3v) is 7.97. The number of hydrogen-bond donors (Lipinski definition) is 0. The Labute approximate surface area is 201 Å². The van der Waals surface area contributed by atoms with Gasteiger partial charge in [0, 0.05) is 68.1 Å². The number of nitrogens with zero attached hydrogens (tertiary/aromatic N) is 2. The lowest BCUT2D eigenvalue weighted by molar-refractivity contribution is -0.255. The predicted molar refractivity (Wildman–Crippen MR) is 124 cm³/mol. The topological polar surface area (TPSA) is 46.4 Å². The van der Waals surface area contributed by atoms with E-state index in [1.54, 1.807) is 12.1 Å². The number of benzene rings is 3. The quantitative estimate of drug-likeness (QED) is 0.141. The molecule has 2 fully saturated rings. The summed E-state index contributed by atoms with van der Waals surface area (Å²) in [6, 6.07) is 10.8. The van der Waals surface area contributed by atoms with Crippen LogP contribution < -0.4 is 19.9 Å². The van der Waals surface area contributed by atoms with E-state index in [4.69, 9.17) is 0 Å². The summed E-state index contributed by atoms with van der Waals surface area (Å²) in [5.74, 6) is -10.1. The zero-order valence-corrected chi connectivity index (χ0v) is 19.2. The van der Waals surface area contributed by atoms with Crippen LogP contribution in [0.2, 0.25) is 0 Å².